The van der Waals surface area contributed by atoms with Crippen molar-refractivity contribution in [3.63, 3.8) is 0 Å². The number of halogens is 2. The third-order valence-electron chi connectivity index (χ3n) is 3.20. The third kappa shape index (κ3) is 3.26. The van der Waals surface area contributed by atoms with Crippen molar-refractivity contribution >= 4 is 11.6 Å². The minimum absolute atomic E-state index is 0.0659. The number of rotatable bonds is 5. The van der Waals surface area contributed by atoms with Crippen LogP contribution in [-0.2, 0) is 0 Å². The van der Waals surface area contributed by atoms with Gasteiger partial charge >= 0.3 is 0 Å². The lowest BCUT2D eigenvalue weighted by Crippen LogP contribution is -2.29. The molecule has 21 heavy (non-hydrogen) atoms. The van der Waals surface area contributed by atoms with E-state index in [2.05, 4.69) is 5.43 Å². The molecule has 0 radical (unpaired) electrons. The van der Waals surface area contributed by atoms with E-state index in [4.69, 9.17) is 26.9 Å². The molecular formula is C15H16ClFN2O2. The lowest BCUT2D eigenvalue weighted by Gasteiger charge is -2.20. The van der Waals surface area contributed by atoms with Gasteiger partial charge in [0.1, 0.15) is 17.3 Å². The first-order valence-corrected chi connectivity index (χ1v) is 6.61. The zero-order chi connectivity index (χ0) is 15.4. The van der Waals surface area contributed by atoms with Gasteiger partial charge in [0, 0.05) is 11.6 Å². The fraction of sp³-hybridized carbons (Fsp3) is 0.200. The van der Waals surface area contributed by atoms with Crippen LogP contribution in [0.1, 0.15) is 17.2 Å². The number of hydrogen-bond acceptors (Lipinski definition) is 4. The molecule has 0 amide bonds. The standard InChI is InChI=1S/C15H16ClFN2O2/c1-20-10-4-5-11(14(8-10)21-2)15(19-18)9-3-6-12(16)13(17)7-9/h3-8,15,19H,18H2,1-2H3. The first-order valence-electron chi connectivity index (χ1n) is 6.23. The van der Waals surface area contributed by atoms with Crippen molar-refractivity contribution in [1.29, 1.82) is 0 Å². The molecule has 0 fully saturated rings. The molecular weight excluding hydrogens is 295 g/mol. The van der Waals surface area contributed by atoms with Crippen LogP contribution in [0.2, 0.25) is 5.02 Å². The molecule has 1 atom stereocenters. The Morgan fingerprint density at radius 1 is 1.14 bits per heavy atom. The summed E-state index contributed by atoms with van der Waals surface area (Å²) in [4.78, 5) is 0. The van der Waals surface area contributed by atoms with E-state index in [1.54, 1.807) is 32.4 Å². The lowest BCUT2D eigenvalue weighted by atomic mass is 9.98. The lowest BCUT2D eigenvalue weighted by molar-refractivity contribution is 0.387. The number of hydrazine groups is 1. The van der Waals surface area contributed by atoms with E-state index in [9.17, 15) is 4.39 Å². The number of methoxy groups -OCH3 is 2. The van der Waals surface area contributed by atoms with Crippen LogP contribution in [0.4, 0.5) is 4.39 Å². The van der Waals surface area contributed by atoms with E-state index in [0.29, 0.717) is 17.1 Å². The summed E-state index contributed by atoms with van der Waals surface area (Å²) < 4.78 is 24.1. The average Bonchev–Trinajstić information content (AvgIpc) is 2.51. The maximum absolute atomic E-state index is 13.6. The number of hydrogen-bond donors (Lipinski definition) is 2. The summed E-state index contributed by atoms with van der Waals surface area (Å²) in [5.74, 6) is 6.38. The quantitative estimate of drug-likeness (QED) is 0.658. The summed E-state index contributed by atoms with van der Waals surface area (Å²) in [7, 11) is 3.12. The first kappa shape index (κ1) is 15.6. The SMILES string of the molecule is COc1ccc(C(NN)c2ccc(Cl)c(F)c2)c(OC)c1. The molecule has 4 nitrogen and oxygen atoms in total. The number of ether oxygens (including phenoxy) is 2. The van der Waals surface area contributed by atoms with Gasteiger partial charge in [0.05, 0.1) is 25.3 Å². The molecule has 2 aromatic carbocycles. The van der Waals surface area contributed by atoms with Crippen molar-refractivity contribution < 1.29 is 13.9 Å². The van der Waals surface area contributed by atoms with Gasteiger partial charge < -0.3 is 9.47 Å². The normalized spacial score (nSPS) is 12.0. The minimum Gasteiger partial charge on any atom is -0.497 e. The van der Waals surface area contributed by atoms with Gasteiger partial charge in [0.25, 0.3) is 0 Å². The summed E-state index contributed by atoms with van der Waals surface area (Å²) in [5, 5.41) is 0.0659. The number of benzene rings is 2. The molecule has 0 saturated heterocycles. The van der Waals surface area contributed by atoms with Gasteiger partial charge in [-0.1, -0.05) is 17.7 Å². The van der Waals surface area contributed by atoms with Gasteiger partial charge in [-0.2, -0.15) is 0 Å². The Morgan fingerprint density at radius 3 is 2.48 bits per heavy atom. The fourth-order valence-electron chi connectivity index (χ4n) is 2.11. The summed E-state index contributed by atoms with van der Waals surface area (Å²) in [6.07, 6.45) is 0. The van der Waals surface area contributed by atoms with Crippen molar-refractivity contribution in [3.8, 4) is 11.5 Å². The molecule has 1 unspecified atom stereocenters. The predicted octanol–water partition coefficient (Wildman–Crippen LogP) is 3.05. The molecule has 0 aliphatic rings. The van der Waals surface area contributed by atoms with Gasteiger partial charge in [0.2, 0.25) is 0 Å². The Labute approximate surface area is 127 Å². The Bertz CT molecular complexity index is 637. The molecule has 0 aliphatic carbocycles. The van der Waals surface area contributed by atoms with Crippen LogP contribution in [0, 0.1) is 5.82 Å². The average molecular weight is 311 g/mol. The Kier molecular flexibility index (Phi) is 5.01. The van der Waals surface area contributed by atoms with E-state index in [1.807, 2.05) is 6.07 Å². The summed E-state index contributed by atoms with van der Waals surface area (Å²) >= 11 is 5.70. The Hall–Kier alpha value is -1.82. The van der Waals surface area contributed by atoms with Crippen LogP contribution in [0.15, 0.2) is 36.4 Å². The summed E-state index contributed by atoms with van der Waals surface area (Å²) in [6, 6.07) is 9.45. The van der Waals surface area contributed by atoms with Crippen LogP contribution in [0.25, 0.3) is 0 Å². The molecule has 0 aromatic heterocycles. The molecule has 2 rings (SSSR count). The van der Waals surface area contributed by atoms with Gasteiger partial charge in [-0.3, -0.25) is 5.84 Å². The van der Waals surface area contributed by atoms with E-state index in [0.717, 1.165) is 5.56 Å². The molecule has 2 aromatic rings. The zero-order valence-electron chi connectivity index (χ0n) is 11.7. The fourth-order valence-corrected chi connectivity index (χ4v) is 2.23. The van der Waals surface area contributed by atoms with Gasteiger partial charge in [-0.05, 0) is 29.8 Å². The highest BCUT2D eigenvalue weighted by atomic mass is 35.5. The number of nitrogens with one attached hydrogen (secondary N) is 1. The van der Waals surface area contributed by atoms with Gasteiger partial charge in [0.15, 0.2) is 0 Å². The maximum atomic E-state index is 13.6. The second-order valence-electron chi connectivity index (χ2n) is 4.38. The third-order valence-corrected chi connectivity index (χ3v) is 3.50. The second kappa shape index (κ2) is 6.76. The van der Waals surface area contributed by atoms with Crippen molar-refractivity contribution in [1.82, 2.24) is 5.43 Å². The second-order valence-corrected chi connectivity index (χ2v) is 4.79. The first-order chi connectivity index (χ1) is 10.1. The molecule has 112 valence electrons. The van der Waals surface area contributed by atoms with Gasteiger partial charge in [-0.15, -0.1) is 0 Å². The molecule has 0 spiro atoms. The predicted molar refractivity (Wildman–Crippen MR) is 80.1 cm³/mol. The van der Waals surface area contributed by atoms with Crippen LogP contribution >= 0.6 is 11.6 Å². The van der Waals surface area contributed by atoms with Crippen molar-refractivity contribution in [3.05, 3.63) is 58.4 Å². The highest BCUT2D eigenvalue weighted by molar-refractivity contribution is 6.30. The van der Waals surface area contributed by atoms with E-state index >= 15 is 0 Å². The van der Waals surface area contributed by atoms with Crippen molar-refractivity contribution in [2.24, 2.45) is 5.84 Å². The highest BCUT2D eigenvalue weighted by Crippen LogP contribution is 2.33. The minimum atomic E-state index is -0.498. The van der Waals surface area contributed by atoms with Crippen LogP contribution in [0.3, 0.4) is 0 Å². The van der Waals surface area contributed by atoms with Crippen LogP contribution < -0.4 is 20.7 Å². The van der Waals surface area contributed by atoms with Crippen molar-refractivity contribution in [2.75, 3.05) is 14.2 Å². The molecule has 6 heteroatoms. The van der Waals surface area contributed by atoms with Crippen LogP contribution in [0.5, 0.6) is 11.5 Å². The molecule has 0 heterocycles. The smallest absolute Gasteiger partial charge is 0.142 e. The van der Waals surface area contributed by atoms with Crippen molar-refractivity contribution in [2.45, 2.75) is 6.04 Å². The van der Waals surface area contributed by atoms with Crippen LogP contribution in [-0.4, -0.2) is 14.2 Å². The molecule has 0 aliphatic heterocycles. The van der Waals surface area contributed by atoms with Gasteiger partial charge in [-0.25, -0.2) is 9.82 Å². The monoisotopic (exact) mass is 310 g/mol. The highest BCUT2D eigenvalue weighted by Gasteiger charge is 2.18. The Morgan fingerprint density at radius 2 is 1.90 bits per heavy atom. The summed E-state index contributed by atoms with van der Waals surface area (Å²) in [5.41, 5.74) is 4.07. The largest absolute Gasteiger partial charge is 0.497 e. The number of nitrogens with two attached hydrogens (primary N) is 1. The Balaban J connectivity index is 2.47. The van der Waals surface area contributed by atoms with E-state index < -0.39 is 11.9 Å². The van der Waals surface area contributed by atoms with E-state index in [1.165, 1.54) is 12.1 Å². The molecule has 0 bridgehead atoms. The molecule has 3 N–H and O–H groups in total. The van der Waals surface area contributed by atoms with E-state index in [-0.39, 0.29) is 5.02 Å². The molecule has 0 saturated carbocycles. The topological polar surface area (TPSA) is 56.5 Å². The zero-order valence-corrected chi connectivity index (χ0v) is 12.4. The maximum Gasteiger partial charge on any atom is 0.142 e. The summed E-state index contributed by atoms with van der Waals surface area (Å²) in [6.45, 7) is 0.